The van der Waals surface area contributed by atoms with Crippen LogP contribution in [0.3, 0.4) is 0 Å². The molecule has 1 atom stereocenters. The van der Waals surface area contributed by atoms with Crippen molar-refractivity contribution in [2.45, 2.75) is 12.6 Å². The third-order valence-electron chi connectivity index (χ3n) is 3.72. The first-order chi connectivity index (χ1) is 11.7. The van der Waals surface area contributed by atoms with Crippen LogP contribution in [0.1, 0.15) is 22.8 Å². The van der Waals surface area contributed by atoms with Gasteiger partial charge in [-0.25, -0.2) is 0 Å². The van der Waals surface area contributed by atoms with E-state index in [2.05, 4.69) is 11.4 Å². The minimum Gasteiger partial charge on any atom is -0.454 e. The van der Waals surface area contributed by atoms with Gasteiger partial charge in [0.1, 0.15) is 0 Å². The predicted molar refractivity (Wildman–Crippen MR) is 85.3 cm³/mol. The highest BCUT2D eigenvalue weighted by Crippen LogP contribution is 2.34. The number of nitrogens with one attached hydrogen (secondary N) is 1. The highest BCUT2D eigenvalue weighted by Gasteiger charge is 2.23. The molecule has 0 bridgehead atoms. The lowest BCUT2D eigenvalue weighted by Gasteiger charge is -2.16. The van der Waals surface area contributed by atoms with Crippen LogP contribution in [0.15, 0.2) is 42.5 Å². The molecule has 6 nitrogen and oxygen atoms in total. The van der Waals surface area contributed by atoms with Crippen LogP contribution in [-0.2, 0) is 16.1 Å². The van der Waals surface area contributed by atoms with Crippen LogP contribution < -0.4 is 14.8 Å². The van der Waals surface area contributed by atoms with Crippen LogP contribution in [0.5, 0.6) is 11.5 Å². The molecular formula is C18H16N2O4. The summed E-state index contributed by atoms with van der Waals surface area (Å²) in [4.78, 5) is 12.4. The Balaban J connectivity index is 1.66. The topological polar surface area (TPSA) is 80.6 Å². The molecule has 0 spiro atoms. The van der Waals surface area contributed by atoms with Crippen LogP contribution in [0.4, 0.5) is 0 Å². The van der Waals surface area contributed by atoms with Gasteiger partial charge in [-0.1, -0.05) is 18.2 Å². The maximum Gasteiger partial charge on any atom is 0.254 e. The molecule has 0 saturated heterocycles. The Morgan fingerprint density at radius 1 is 1.25 bits per heavy atom. The molecule has 0 aromatic heterocycles. The summed E-state index contributed by atoms with van der Waals surface area (Å²) in [5.74, 6) is 1.02. The van der Waals surface area contributed by atoms with Crippen LogP contribution in [0, 0.1) is 11.3 Å². The second-order valence-corrected chi connectivity index (χ2v) is 5.25. The third-order valence-corrected chi connectivity index (χ3v) is 3.72. The molecule has 0 radical (unpaired) electrons. The quantitative estimate of drug-likeness (QED) is 0.912. The molecule has 0 fully saturated rings. The molecule has 24 heavy (non-hydrogen) atoms. The molecule has 1 amide bonds. The molecule has 2 aromatic carbocycles. The van der Waals surface area contributed by atoms with E-state index in [-0.39, 0.29) is 12.7 Å². The maximum atomic E-state index is 12.4. The summed E-state index contributed by atoms with van der Waals surface area (Å²) in [7, 11) is 1.48. The number of rotatable bonds is 5. The standard InChI is InChI=1S/C18H16N2O4/c1-22-17(14-6-7-15-16(8-14)24-11-23-15)18(21)20-10-13-4-2-12(9-19)3-5-13/h2-8,17H,10-11H2,1H3,(H,20,21). The lowest BCUT2D eigenvalue weighted by molar-refractivity contribution is -0.131. The predicted octanol–water partition coefficient (Wildman–Crippen LogP) is 2.29. The summed E-state index contributed by atoms with van der Waals surface area (Å²) in [6, 6.07) is 14.4. The number of benzene rings is 2. The van der Waals surface area contributed by atoms with E-state index in [1.807, 2.05) is 0 Å². The summed E-state index contributed by atoms with van der Waals surface area (Å²) in [6.45, 7) is 0.538. The van der Waals surface area contributed by atoms with E-state index in [4.69, 9.17) is 19.5 Å². The van der Waals surface area contributed by atoms with Gasteiger partial charge in [0.2, 0.25) is 6.79 Å². The summed E-state index contributed by atoms with van der Waals surface area (Å²) < 4.78 is 15.9. The molecule has 3 rings (SSSR count). The number of fused-ring (bicyclic) bond motifs is 1. The van der Waals surface area contributed by atoms with Gasteiger partial charge in [0.15, 0.2) is 17.6 Å². The number of ether oxygens (including phenoxy) is 3. The van der Waals surface area contributed by atoms with Gasteiger partial charge in [0.05, 0.1) is 11.6 Å². The van der Waals surface area contributed by atoms with Gasteiger partial charge in [-0.3, -0.25) is 4.79 Å². The maximum absolute atomic E-state index is 12.4. The molecule has 1 N–H and O–H groups in total. The van der Waals surface area contributed by atoms with E-state index in [1.165, 1.54) is 7.11 Å². The largest absolute Gasteiger partial charge is 0.454 e. The number of carbonyl (C=O) groups excluding carboxylic acids is 1. The van der Waals surface area contributed by atoms with Crippen molar-refractivity contribution in [1.29, 1.82) is 5.26 Å². The zero-order valence-electron chi connectivity index (χ0n) is 13.1. The van der Waals surface area contributed by atoms with Crippen molar-refractivity contribution in [1.82, 2.24) is 5.32 Å². The van der Waals surface area contributed by atoms with Crippen molar-refractivity contribution in [3.8, 4) is 17.6 Å². The Morgan fingerprint density at radius 3 is 2.71 bits per heavy atom. The molecule has 1 heterocycles. The highest BCUT2D eigenvalue weighted by molar-refractivity contribution is 5.82. The lowest BCUT2D eigenvalue weighted by Crippen LogP contribution is -2.29. The molecule has 0 aliphatic carbocycles. The first-order valence-electron chi connectivity index (χ1n) is 7.40. The SMILES string of the molecule is COC(C(=O)NCc1ccc(C#N)cc1)c1ccc2c(c1)OCO2. The zero-order chi connectivity index (χ0) is 16.9. The third kappa shape index (κ3) is 3.31. The smallest absolute Gasteiger partial charge is 0.254 e. The fourth-order valence-corrected chi connectivity index (χ4v) is 2.45. The van der Waals surface area contributed by atoms with Crippen molar-refractivity contribution in [2.75, 3.05) is 13.9 Å². The number of nitrogens with zero attached hydrogens (tertiary/aromatic N) is 1. The van der Waals surface area contributed by atoms with E-state index in [1.54, 1.807) is 42.5 Å². The molecule has 6 heteroatoms. The van der Waals surface area contributed by atoms with Crippen molar-refractivity contribution < 1.29 is 19.0 Å². The molecule has 0 saturated carbocycles. The minimum atomic E-state index is -0.738. The van der Waals surface area contributed by atoms with Crippen molar-refractivity contribution in [3.05, 3.63) is 59.2 Å². The van der Waals surface area contributed by atoms with Crippen LogP contribution in [0.25, 0.3) is 0 Å². The number of hydrogen-bond acceptors (Lipinski definition) is 5. The first-order valence-corrected chi connectivity index (χ1v) is 7.40. The van der Waals surface area contributed by atoms with Crippen molar-refractivity contribution in [2.24, 2.45) is 0 Å². The Hall–Kier alpha value is -3.04. The summed E-state index contributed by atoms with van der Waals surface area (Å²) >= 11 is 0. The molecule has 2 aromatic rings. The van der Waals surface area contributed by atoms with Crippen LogP contribution in [-0.4, -0.2) is 19.8 Å². The second kappa shape index (κ2) is 7.02. The van der Waals surface area contributed by atoms with E-state index < -0.39 is 6.10 Å². The van der Waals surface area contributed by atoms with Gasteiger partial charge in [-0.05, 0) is 35.4 Å². The van der Waals surface area contributed by atoms with E-state index in [9.17, 15) is 4.79 Å². The fourth-order valence-electron chi connectivity index (χ4n) is 2.45. The lowest BCUT2D eigenvalue weighted by atomic mass is 10.1. The molecule has 1 unspecified atom stereocenters. The summed E-state index contributed by atoms with van der Waals surface area (Å²) in [5.41, 5.74) is 2.18. The zero-order valence-corrected chi connectivity index (χ0v) is 13.1. The van der Waals surface area contributed by atoms with E-state index in [0.29, 0.717) is 29.2 Å². The van der Waals surface area contributed by atoms with Gasteiger partial charge in [-0.2, -0.15) is 5.26 Å². The molecular weight excluding hydrogens is 308 g/mol. The Kier molecular flexibility index (Phi) is 4.64. The van der Waals surface area contributed by atoms with Crippen molar-refractivity contribution >= 4 is 5.91 Å². The number of nitriles is 1. The average molecular weight is 324 g/mol. The summed E-state index contributed by atoms with van der Waals surface area (Å²) in [5, 5.41) is 11.6. The normalized spacial score (nSPS) is 13.2. The first kappa shape index (κ1) is 15.8. The van der Waals surface area contributed by atoms with E-state index in [0.717, 1.165) is 5.56 Å². The number of amides is 1. The Bertz CT molecular complexity index is 781. The van der Waals surface area contributed by atoms with Gasteiger partial charge in [0.25, 0.3) is 5.91 Å². The number of methoxy groups -OCH3 is 1. The van der Waals surface area contributed by atoms with Gasteiger partial charge in [0, 0.05) is 13.7 Å². The second-order valence-electron chi connectivity index (χ2n) is 5.25. The highest BCUT2D eigenvalue weighted by atomic mass is 16.7. The monoisotopic (exact) mass is 324 g/mol. The number of carbonyl (C=O) groups is 1. The Morgan fingerprint density at radius 2 is 2.00 bits per heavy atom. The van der Waals surface area contributed by atoms with Gasteiger partial charge < -0.3 is 19.5 Å². The van der Waals surface area contributed by atoms with Gasteiger partial charge in [-0.15, -0.1) is 0 Å². The number of hydrogen-bond donors (Lipinski definition) is 1. The van der Waals surface area contributed by atoms with E-state index >= 15 is 0 Å². The fraction of sp³-hybridized carbons (Fsp3) is 0.222. The molecule has 1 aliphatic rings. The van der Waals surface area contributed by atoms with Gasteiger partial charge >= 0.3 is 0 Å². The van der Waals surface area contributed by atoms with Crippen LogP contribution in [0.2, 0.25) is 0 Å². The summed E-state index contributed by atoms with van der Waals surface area (Å²) in [6.07, 6.45) is -0.738. The Labute approximate surface area is 139 Å². The van der Waals surface area contributed by atoms with Crippen molar-refractivity contribution in [3.63, 3.8) is 0 Å². The average Bonchev–Trinajstić information content (AvgIpc) is 3.09. The molecule has 122 valence electrons. The molecule has 1 aliphatic heterocycles. The minimum absolute atomic E-state index is 0.182. The van der Waals surface area contributed by atoms with Crippen LogP contribution >= 0.6 is 0 Å².